The van der Waals surface area contributed by atoms with Crippen LogP contribution in [-0.2, 0) is 4.79 Å². The number of hydrogen-bond acceptors (Lipinski definition) is 3. The molecular weight excluding hydrogens is 289 g/mol. The molecule has 7 heteroatoms. The van der Waals surface area contributed by atoms with Gasteiger partial charge < -0.3 is 5.32 Å². The van der Waals surface area contributed by atoms with Gasteiger partial charge in [0.05, 0.1) is 17.2 Å². The van der Waals surface area contributed by atoms with Gasteiger partial charge in [-0.15, -0.1) is 0 Å². The van der Waals surface area contributed by atoms with Gasteiger partial charge in [0, 0.05) is 0 Å². The fraction of sp³-hybridized carbons (Fsp3) is 0.846. The molecule has 0 spiro atoms. The van der Waals surface area contributed by atoms with Crippen LogP contribution in [-0.4, -0.2) is 28.5 Å². The highest BCUT2D eigenvalue weighted by Gasteiger charge is 2.41. The Balaban J connectivity index is 1.90. The molecule has 2 rings (SSSR count). The predicted octanol–water partition coefficient (Wildman–Crippen LogP) is 3.35. The summed E-state index contributed by atoms with van der Waals surface area (Å²) in [5.74, 6) is -1.02. The lowest BCUT2D eigenvalue weighted by Crippen LogP contribution is -2.30. The molecule has 0 aromatic carbocycles. The van der Waals surface area contributed by atoms with E-state index >= 15 is 0 Å². The summed E-state index contributed by atoms with van der Waals surface area (Å²) in [5.41, 5.74) is 0. The molecule has 2 fully saturated rings. The highest BCUT2D eigenvalue weighted by atomic mass is 32.2. The Bertz CT molecular complexity index is 401. The number of aliphatic imine (C=N–C) groups is 1. The number of nitrogens with one attached hydrogen (secondary N) is 1. The number of halogens is 3. The molecule has 1 saturated heterocycles. The van der Waals surface area contributed by atoms with E-state index in [1.807, 2.05) is 13.8 Å². The molecular formula is C13H19F3N2OS. The third-order valence-electron chi connectivity index (χ3n) is 3.79. The lowest BCUT2D eigenvalue weighted by Gasteiger charge is -2.27. The minimum Gasteiger partial charge on any atom is -0.304 e. The fourth-order valence-corrected chi connectivity index (χ4v) is 3.63. The van der Waals surface area contributed by atoms with Crippen molar-refractivity contribution in [2.45, 2.75) is 57.0 Å². The maximum atomic E-state index is 12.6. The van der Waals surface area contributed by atoms with Gasteiger partial charge in [-0.2, -0.15) is 13.2 Å². The van der Waals surface area contributed by atoms with Gasteiger partial charge in [0.2, 0.25) is 5.91 Å². The molecule has 2 aliphatic rings. The first kappa shape index (κ1) is 15.7. The van der Waals surface area contributed by atoms with E-state index in [1.165, 1.54) is 11.8 Å². The van der Waals surface area contributed by atoms with Crippen LogP contribution in [0, 0.1) is 11.8 Å². The first-order valence-electron chi connectivity index (χ1n) is 6.89. The number of thioether (sulfide) groups is 1. The van der Waals surface area contributed by atoms with E-state index in [0.29, 0.717) is 18.0 Å². The van der Waals surface area contributed by atoms with Crippen LogP contribution in [0.25, 0.3) is 0 Å². The van der Waals surface area contributed by atoms with Gasteiger partial charge in [0.15, 0.2) is 5.17 Å². The van der Waals surface area contributed by atoms with Crippen LogP contribution >= 0.6 is 11.8 Å². The van der Waals surface area contributed by atoms with Gasteiger partial charge in [-0.25, -0.2) is 0 Å². The second kappa shape index (κ2) is 5.95. The standard InChI is InChI=1S/C13H19F3N2OS/c1-7(2)10-11(19)18-12(20-10)17-9-5-3-8(4-6-9)13(14,15)16/h7-10H,3-6H2,1-2H3,(H,17,18,19)/t8?,9?,10-/m1/s1. The van der Waals surface area contributed by atoms with Gasteiger partial charge in [-0.3, -0.25) is 9.79 Å². The van der Waals surface area contributed by atoms with Crippen LogP contribution in [0.2, 0.25) is 0 Å². The number of alkyl halides is 3. The van der Waals surface area contributed by atoms with Crippen LogP contribution in [0.3, 0.4) is 0 Å². The van der Waals surface area contributed by atoms with Crippen molar-refractivity contribution in [1.29, 1.82) is 0 Å². The summed E-state index contributed by atoms with van der Waals surface area (Å²) in [4.78, 5) is 16.1. The van der Waals surface area contributed by atoms with E-state index in [1.54, 1.807) is 0 Å². The summed E-state index contributed by atoms with van der Waals surface area (Å²) in [6.45, 7) is 3.93. The van der Waals surface area contributed by atoms with Gasteiger partial charge >= 0.3 is 6.18 Å². The Morgan fingerprint density at radius 1 is 1.25 bits per heavy atom. The third-order valence-corrected chi connectivity index (χ3v) is 5.24. The molecule has 20 heavy (non-hydrogen) atoms. The second-order valence-electron chi connectivity index (χ2n) is 5.75. The Labute approximate surface area is 120 Å². The van der Waals surface area contributed by atoms with E-state index in [0.717, 1.165) is 0 Å². The largest absolute Gasteiger partial charge is 0.391 e. The molecule has 1 atom stereocenters. The first-order valence-corrected chi connectivity index (χ1v) is 7.77. The first-order chi connectivity index (χ1) is 9.27. The number of rotatable bonds is 2. The van der Waals surface area contributed by atoms with E-state index in [2.05, 4.69) is 10.3 Å². The number of hydrogen-bond donors (Lipinski definition) is 1. The average molecular weight is 308 g/mol. The van der Waals surface area contributed by atoms with Crippen molar-refractivity contribution in [2.24, 2.45) is 16.8 Å². The predicted molar refractivity (Wildman–Crippen MR) is 73.6 cm³/mol. The third kappa shape index (κ3) is 3.68. The topological polar surface area (TPSA) is 41.5 Å². The molecule has 0 unspecified atom stereocenters. The van der Waals surface area contributed by atoms with Crippen LogP contribution in [0.15, 0.2) is 4.99 Å². The molecule has 3 nitrogen and oxygen atoms in total. The molecule has 1 heterocycles. The highest BCUT2D eigenvalue weighted by molar-refractivity contribution is 8.15. The van der Waals surface area contributed by atoms with Crippen LogP contribution in [0.4, 0.5) is 13.2 Å². The molecule has 0 radical (unpaired) electrons. The lowest BCUT2D eigenvalue weighted by molar-refractivity contribution is -0.182. The maximum Gasteiger partial charge on any atom is 0.391 e. The molecule has 114 valence electrons. The zero-order chi connectivity index (χ0) is 14.9. The summed E-state index contributed by atoms with van der Waals surface area (Å²) < 4.78 is 37.7. The fourth-order valence-electron chi connectivity index (χ4n) is 2.58. The zero-order valence-electron chi connectivity index (χ0n) is 11.5. The summed E-state index contributed by atoms with van der Waals surface area (Å²) in [5, 5.41) is 3.16. The Morgan fingerprint density at radius 2 is 1.85 bits per heavy atom. The number of amidine groups is 1. The van der Waals surface area contributed by atoms with Crippen molar-refractivity contribution in [3.8, 4) is 0 Å². The molecule has 0 aromatic rings. The van der Waals surface area contributed by atoms with Crippen LogP contribution in [0.5, 0.6) is 0 Å². The van der Waals surface area contributed by atoms with Crippen LogP contribution < -0.4 is 5.32 Å². The molecule has 1 amide bonds. The van der Waals surface area contributed by atoms with E-state index < -0.39 is 12.1 Å². The molecule has 1 aliphatic heterocycles. The summed E-state index contributed by atoms with van der Waals surface area (Å²) in [7, 11) is 0. The zero-order valence-corrected chi connectivity index (χ0v) is 12.4. The Kier molecular flexibility index (Phi) is 4.66. The van der Waals surface area contributed by atoms with Crippen molar-refractivity contribution >= 4 is 22.8 Å². The minimum absolute atomic E-state index is 0.0484. The number of carbonyl (C=O) groups excluding carboxylic acids is 1. The van der Waals surface area contributed by atoms with Gasteiger partial charge in [-0.1, -0.05) is 25.6 Å². The quantitative estimate of drug-likeness (QED) is 0.850. The van der Waals surface area contributed by atoms with E-state index in [9.17, 15) is 18.0 Å². The molecule has 1 aliphatic carbocycles. The van der Waals surface area contributed by atoms with Crippen molar-refractivity contribution in [3.05, 3.63) is 0 Å². The number of nitrogens with zero attached hydrogens (tertiary/aromatic N) is 1. The van der Waals surface area contributed by atoms with Crippen molar-refractivity contribution in [1.82, 2.24) is 5.32 Å². The number of carbonyl (C=O) groups is 1. The lowest BCUT2D eigenvalue weighted by atomic mass is 9.86. The van der Waals surface area contributed by atoms with Gasteiger partial charge in [0.25, 0.3) is 0 Å². The van der Waals surface area contributed by atoms with Crippen molar-refractivity contribution in [3.63, 3.8) is 0 Å². The molecule has 1 saturated carbocycles. The van der Waals surface area contributed by atoms with Crippen molar-refractivity contribution in [2.75, 3.05) is 0 Å². The van der Waals surface area contributed by atoms with E-state index in [-0.39, 0.29) is 36.0 Å². The smallest absolute Gasteiger partial charge is 0.304 e. The summed E-state index contributed by atoms with van der Waals surface area (Å²) in [6, 6.07) is -0.0951. The molecule has 1 N–H and O–H groups in total. The maximum absolute atomic E-state index is 12.6. The summed E-state index contributed by atoms with van der Waals surface area (Å²) in [6.07, 6.45) is -2.93. The monoisotopic (exact) mass is 308 g/mol. The molecule has 0 bridgehead atoms. The number of amides is 1. The van der Waals surface area contributed by atoms with Crippen molar-refractivity contribution < 1.29 is 18.0 Å². The second-order valence-corrected chi connectivity index (χ2v) is 6.88. The normalized spacial score (nSPS) is 33.8. The molecule has 0 aromatic heterocycles. The van der Waals surface area contributed by atoms with E-state index in [4.69, 9.17) is 0 Å². The SMILES string of the molecule is CC(C)[C@H]1SC(=NC2CCC(C(F)(F)F)CC2)NC1=O. The average Bonchev–Trinajstić information content (AvgIpc) is 2.70. The highest BCUT2D eigenvalue weighted by Crippen LogP contribution is 2.38. The van der Waals surface area contributed by atoms with Crippen LogP contribution in [0.1, 0.15) is 39.5 Å². The van der Waals surface area contributed by atoms with Gasteiger partial charge in [0.1, 0.15) is 0 Å². The Morgan fingerprint density at radius 3 is 2.30 bits per heavy atom. The van der Waals surface area contributed by atoms with Gasteiger partial charge in [-0.05, 0) is 31.6 Å². The minimum atomic E-state index is -4.09. The Hall–Kier alpha value is -0.720. The summed E-state index contributed by atoms with van der Waals surface area (Å²) >= 11 is 1.39.